The number of oxazole rings is 1. The first-order valence-corrected chi connectivity index (χ1v) is 5.56. The number of fused-ring (bicyclic) bond motifs is 1. The standard InChI is InChI=1S/C11H13ClN2O2/c12-8-3-4-10-9(7-8)14-11(16-10)15-6-2-1-5-13/h3-4,7H,1-2,5-6,13H2. The van der Waals surface area contributed by atoms with Gasteiger partial charge in [0.1, 0.15) is 5.52 Å². The van der Waals surface area contributed by atoms with E-state index in [1.54, 1.807) is 18.2 Å². The number of nitrogens with zero attached hydrogens (tertiary/aromatic N) is 1. The Morgan fingerprint density at radius 2 is 2.25 bits per heavy atom. The number of unbranched alkanes of at least 4 members (excludes halogenated alkanes) is 1. The summed E-state index contributed by atoms with van der Waals surface area (Å²) < 4.78 is 10.7. The maximum atomic E-state index is 5.84. The van der Waals surface area contributed by atoms with Crippen molar-refractivity contribution in [2.45, 2.75) is 12.8 Å². The fraction of sp³-hybridized carbons (Fsp3) is 0.364. The van der Waals surface area contributed by atoms with Gasteiger partial charge in [0.05, 0.1) is 6.61 Å². The third-order valence-electron chi connectivity index (χ3n) is 2.15. The molecule has 16 heavy (non-hydrogen) atoms. The van der Waals surface area contributed by atoms with Crippen molar-refractivity contribution in [3.63, 3.8) is 0 Å². The van der Waals surface area contributed by atoms with Gasteiger partial charge in [-0.2, -0.15) is 4.98 Å². The van der Waals surface area contributed by atoms with Crippen LogP contribution in [0.2, 0.25) is 5.02 Å². The molecule has 0 unspecified atom stereocenters. The van der Waals surface area contributed by atoms with E-state index in [9.17, 15) is 0 Å². The van der Waals surface area contributed by atoms with Crippen LogP contribution in [0.1, 0.15) is 12.8 Å². The molecule has 0 aliphatic rings. The van der Waals surface area contributed by atoms with Crippen molar-refractivity contribution >= 4 is 22.7 Å². The van der Waals surface area contributed by atoms with Crippen LogP contribution in [0.3, 0.4) is 0 Å². The number of ether oxygens (including phenoxy) is 1. The van der Waals surface area contributed by atoms with Crippen LogP contribution in [0.5, 0.6) is 6.08 Å². The summed E-state index contributed by atoms with van der Waals surface area (Å²) in [6.07, 6.45) is 2.12. The van der Waals surface area contributed by atoms with Gasteiger partial charge in [-0.3, -0.25) is 0 Å². The topological polar surface area (TPSA) is 61.3 Å². The van der Waals surface area contributed by atoms with Crippen molar-refractivity contribution in [2.24, 2.45) is 5.73 Å². The van der Waals surface area contributed by atoms with Gasteiger partial charge in [0, 0.05) is 5.02 Å². The molecule has 0 spiro atoms. The Bertz CT molecular complexity index is 470. The molecule has 2 rings (SSSR count). The van der Waals surface area contributed by atoms with Crippen molar-refractivity contribution < 1.29 is 9.15 Å². The summed E-state index contributed by atoms with van der Waals surface area (Å²) in [6.45, 7) is 1.24. The van der Waals surface area contributed by atoms with Gasteiger partial charge in [0.15, 0.2) is 5.58 Å². The van der Waals surface area contributed by atoms with Crippen molar-refractivity contribution in [2.75, 3.05) is 13.2 Å². The van der Waals surface area contributed by atoms with E-state index in [2.05, 4.69) is 4.98 Å². The van der Waals surface area contributed by atoms with Gasteiger partial charge in [-0.25, -0.2) is 0 Å². The summed E-state index contributed by atoms with van der Waals surface area (Å²) in [4.78, 5) is 4.17. The van der Waals surface area contributed by atoms with Crippen molar-refractivity contribution in [3.8, 4) is 6.08 Å². The van der Waals surface area contributed by atoms with E-state index >= 15 is 0 Å². The van der Waals surface area contributed by atoms with Crippen LogP contribution in [0, 0.1) is 0 Å². The second-order valence-electron chi connectivity index (χ2n) is 3.44. The summed E-state index contributed by atoms with van der Waals surface area (Å²) in [5.74, 6) is 0. The average molecular weight is 241 g/mol. The predicted molar refractivity (Wildman–Crippen MR) is 62.8 cm³/mol. The van der Waals surface area contributed by atoms with Crippen molar-refractivity contribution in [3.05, 3.63) is 23.2 Å². The number of nitrogens with two attached hydrogens (primary N) is 1. The molecule has 0 fully saturated rings. The fourth-order valence-electron chi connectivity index (χ4n) is 1.35. The molecule has 0 aliphatic carbocycles. The van der Waals surface area contributed by atoms with E-state index < -0.39 is 0 Å². The Labute approximate surface area is 98.3 Å². The number of hydrogen-bond acceptors (Lipinski definition) is 4. The summed E-state index contributed by atoms with van der Waals surface area (Å²) in [7, 11) is 0. The lowest BCUT2D eigenvalue weighted by molar-refractivity contribution is 0.231. The summed E-state index contributed by atoms with van der Waals surface area (Å²) >= 11 is 5.84. The lowest BCUT2D eigenvalue weighted by atomic mass is 10.3. The summed E-state index contributed by atoms with van der Waals surface area (Å²) in [6, 6.07) is 5.28. The van der Waals surface area contributed by atoms with Gasteiger partial charge in [-0.05, 0) is 37.6 Å². The molecule has 0 bridgehead atoms. The SMILES string of the molecule is NCCCCOc1nc2cc(Cl)ccc2o1. The number of hydrogen-bond donors (Lipinski definition) is 1. The quantitative estimate of drug-likeness (QED) is 0.816. The van der Waals surface area contributed by atoms with Crippen LogP contribution in [0.15, 0.2) is 22.6 Å². The molecule has 5 heteroatoms. The molecule has 2 N–H and O–H groups in total. The molecule has 0 atom stereocenters. The lowest BCUT2D eigenvalue weighted by Gasteiger charge is -1.98. The van der Waals surface area contributed by atoms with Crippen LogP contribution in [-0.4, -0.2) is 18.1 Å². The highest BCUT2D eigenvalue weighted by molar-refractivity contribution is 6.31. The van der Waals surface area contributed by atoms with E-state index in [1.807, 2.05) is 0 Å². The zero-order valence-electron chi connectivity index (χ0n) is 8.78. The highest BCUT2D eigenvalue weighted by Gasteiger charge is 2.06. The Kier molecular flexibility index (Phi) is 3.64. The van der Waals surface area contributed by atoms with E-state index in [1.165, 1.54) is 0 Å². The highest BCUT2D eigenvalue weighted by atomic mass is 35.5. The van der Waals surface area contributed by atoms with E-state index in [4.69, 9.17) is 26.5 Å². The molecule has 1 aromatic heterocycles. The number of halogens is 1. The van der Waals surface area contributed by atoms with Gasteiger partial charge in [-0.15, -0.1) is 0 Å². The molecule has 1 aromatic carbocycles. The first-order valence-electron chi connectivity index (χ1n) is 5.18. The van der Waals surface area contributed by atoms with Crippen LogP contribution in [0.25, 0.3) is 11.1 Å². The second kappa shape index (κ2) is 5.18. The molecule has 0 aliphatic heterocycles. The smallest absolute Gasteiger partial charge is 0.394 e. The zero-order valence-corrected chi connectivity index (χ0v) is 9.54. The first-order chi connectivity index (χ1) is 7.79. The third kappa shape index (κ3) is 2.65. The Morgan fingerprint density at radius 1 is 1.38 bits per heavy atom. The normalized spacial score (nSPS) is 10.9. The minimum absolute atomic E-state index is 0.286. The predicted octanol–water partition coefficient (Wildman–Crippen LogP) is 2.60. The number of benzene rings is 1. The molecular weight excluding hydrogens is 228 g/mol. The Balaban J connectivity index is 2.02. The van der Waals surface area contributed by atoms with Gasteiger partial charge < -0.3 is 14.9 Å². The minimum Gasteiger partial charge on any atom is -0.450 e. The molecule has 2 aromatic rings. The number of aromatic nitrogens is 1. The molecule has 0 saturated heterocycles. The zero-order chi connectivity index (χ0) is 11.4. The van der Waals surface area contributed by atoms with Gasteiger partial charge >= 0.3 is 6.08 Å². The maximum Gasteiger partial charge on any atom is 0.394 e. The first kappa shape index (κ1) is 11.2. The van der Waals surface area contributed by atoms with Gasteiger partial charge in [0.25, 0.3) is 0 Å². The fourth-order valence-corrected chi connectivity index (χ4v) is 1.51. The van der Waals surface area contributed by atoms with Gasteiger partial charge in [-0.1, -0.05) is 11.6 Å². The van der Waals surface area contributed by atoms with E-state index in [0.29, 0.717) is 29.3 Å². The minimum atomic E-state index is 0.286. The molecule has 0 saturated carbocycles. The van der Waals surface area contributed by atoms with Crippen molar-refractivity contribution in [1.29, 1.82) is 0 Å². The molecule has 0 amide bonds. The molecule has 0 radical (unpaired) electrons. The largest absolute Gasteiger partial charge is 0.450 e. The molecule has 4 nitrogen and oxygen atoms in total. The monoisotopic (exact) mass is 240 g/mol. The Hall–Kier alpha value is -1.26. The van der Waals surface area contributed by atoms with Crippen LogP contribution in [-0.2, 0) is 0 Å². The summed E-state index contributed by atoms with van der Waals surface area (Å²) in [5, 5.41) is 0.635. The lowest BCUT2D eigenvalue weighted by Crippen LogP contribution is -2.03. The van der Waals surface area contributed by atoms with Gasteiger partial charge in [0.2, 0.25) is 0 Å². The number of rotatable bonds is 5. The van der Waals surface area contributed by atoms with Crippen LogP contribution < -0.4 is 10.5 Å². The average Bonchev–Trinajstić information content (AvgIpc) is 2.66. The van der Waals surface area contributed by atoms with Crippen LogP contribution >= 0.6 is 11.6 Å². The highest BCUT2D eigenvalue weighted by Crippen LogP contribution is 2.23. The van der Waals surface area contributed by atoms with E-state index in [0.717, 1.165) is 12.8 Å². The second-order valence-corrected chi connectivity index (χ2v) is 3.87. The molecule has 86 valence electrons. The molecular formula is C11H13ClN2O2. The Morgan fingerprint density at radius 3 is 3.06 bits per heavy atom. The summed E-state index contributed by atoms with van der Waals surface area (Å²) in [5.41, 5.74) is 6.77. The van der Waals surface area contributed by atoms with Crippen molar-refractivity contribution in [1.82, 2.24) is 4.98 Å². The van der Waals surface area contributed by atoms with E-state index in [-0.39, 0.29) is 6.08 Å². The van der Waals surface area contributed by atoms with Crippen LogP contribution in [0.4, 0.5) is 0 Å². The molecule has 1 heterocycles. The third-order valence-corrected chi connectivity index (χ3v) is 2.39. The maximum absolute atomic E-state index is 5.84.